The first kappa shape index (κ1) is 87.8. The van der Waals surface area contributed by atoms with Gasteiger partial charge in [-0.25, -0.2) is 0 Å². The van der Waals surface area contributed by atoms with Crippen LogP contribution >= 0.6 is 27.7 Å². The molecule has 4 amide bonds. The highest BCUT2D eigenvalue weighted by Gasteiger charge is 2.69. The molecule has 0 spiro atoms. The Morgan fingerprint density at radius 2 is 0.923 bits per heavy atom. The number of amides is 4. The van der Waals surface area contributed by atoms with E-state index in [0.29, 0.717) is 53.5 Å². The fourth-order valence-electron chi connectivity index (χ4n) is 11.6. The molecule has 8 aliphatic rings. The molecule has 22 nitrogen and oxygen atoms in total. The third-order valence-electron chi connectivity index (χ3n) is 18.9. The highest BCUT2D eigenvalue weighted by atomic mass is 31.0. The van der Waals surface area contributed by atoms with Gasteiger partial charge in [0.25, 0.3) is 0 Å². The number of nitrogens with two attached hydrogens (primary N) is 1. The average molecular weight is 1360 g/mol. The molecule has 0 aromatic heterocycles. The zero-order valence-corrected chi connectivity index (χ0v) is 59.9. The van der Waals surface area contributed by atoms with Crippen molar-refractivity contribution >= 4 is 102 Å². The van der Waals surface area contributed by atoms with E-state index in [9.17, 15) is 51.5 Å². The number of rotatable bonds is 22. The fourth-order valence-corrected chi connectivity index (χ4v) is 12.2. The van der Waals surface area contributed by atoms with Gasteiger partial charge < -0.3 is 70.7 Å². The molecule has 524 valence electrons. The van der Waals surface area contributed by atoms with Gasteiger partial charge in [-0.3, -0.25) is 38.4 Å². The van der Waals surface area contributed by atoms with Crippen LogP contribution in [0.4, 0.5) is 13.2 Å². The van der Waals surface area contributed by atoms with Crippen LogP contribution in [-0.2, 0) is 61.8 Å². The molecule has 0 radical (unpaired) electrons. The van der Waals surface area contributed by atoms with Crippen LogP contribution in [0.3, 0.4) is 0 Å². The topological polar surface area (TPSA) is 348 Å². The number of ketones is 3. The molecule has 4 bridgehead atoms. The second kappa shape index (κ2) is 37.4. The minimum Gasteiger partial charge on any atom is -0.542 e. The van der Waals surface area contributed by atoms with Gasteiger partial charge >= 0.3 is 33.5 Å². The average Bonchev–Trinajstić information content (AvgIpc) is 1.68. The van der Waals surface area contributed by atoms with Crippen LogP contribution in [0.2, 0.25) is 11.6 Å². The number of carboxylic acid groups (broad SMARTS) is 2. The number of Topliss-reactive ketones (excluding diaryl/α,β-unsaturated/α-hetero) is 3. The van der Waals surface area contributed by atoms with Crippen molar-refractivity contribution < 1.29 is 95.2 Å². The maximum absolute atomic E-state index is 12.6. The summed E-state index contributed by atoms with van der Waals surface area (Å²) < 4.78 is 56.4. The number of carbonyl (C=O) groups excluding carboxylic acids is 8. The van der Waals surface area contributed by atoms with Crippen LogP contribution in [-0.4, -0.2) is 168 Å². The van der Waals surface area contributed by atoms with Crippen LogP contribution in [0.25, 0.3) is 0 Å². The predicted molar refractivity (Wildman–Crippen MR) is 355 cm³/mol. The Morgan fingerprint density at radius 3 is 1.22 bits per heavy atom. The van der Waals surface area contributed by atoms with Crippen LogP contribution in [0.5, 0.6) is 0 Å². The summed E-state index contributed by atoms with van der Waals surface area (Å²) in [4.78, 5) is 99.7. The highest BCUT2D eigenvalue weighted by molar-refractivity contribution is 7.16. The van der Waals surface area contributed by atoms with Gasteiger partial charge in [0, 0.05) is 42.5 Å². The van der Waals surface area contributed by atoms with E-state index < -0.39 is 49.2 Å². The van der Waals surface area contributed by atoms with Gasteiger partial charge in [0.2, 0.25) is 23.6 Å². The number of nitrogens with one attached hydrogen (secondary N) is 4. The Hall–Kier alpha value is -3.18. The number of halogens is 3. The standard InChI is InChI=1S/C20H35BNO4P.C12H22BNO2.C10H21BNO4P.C8H15NO2.C7H14NO3P.C2HF3O2.CH4/c1-11(10-27)18(24)22-13(3)15(23)7-12(2)21-25-17-9-14-8-16(19(14,4)5)20(17,6)26-21;1-7(14)13-15-10-6-8-5-9(11(8,2)3)12(10,4)16-13;1-6(5-17)10(14)12-8(3)9(13)4-7(2)11(15)16;1-5(2)8(11)9-6(3)7(4)10;1-4(3-12)6(9)8-5(2)7(10)11;3-2(4,5)1(6)7;/h11-14,16-17H,7-10,27H2,1-6H3,(H,22,24);7-10H,5-6,14H2,1-4H3;6-8,15-16H,4-5,17H2,1-3H3,(H,12,14);5-6H,1-4H3,(H,9,11);4-5H,3,12H2,1-2H3,(H,8,9)(H,10,11);(H,6,7);1H4/p-1/t11?,12-,13?,14+,16+,17-,20+;7-,8-,9-,10+,12-;6?,7-,8?;;;;/m101..../s1. The van der Waals surface area contributed by atoms with Crippen molar-refractivity contribution in [3.8, 4) is 0 Å². The number of carboxylic acids is 2. The van der Waals surface area contributed by atoms with Crippen molar-refractivity contribution in [3.63, 3.8) is 0 Å². The summed E-state index contributed by atoms with van der Waals surface area (Å²) in [5.74, 6) is -3.14. The minimum atomic E-state index is -5.19. The zero-order valence-electron chi connectivity index (χ0n) is 56.4. The number of aliphatic carboxylic acids is 2. The Bertz CT molecular complexity index is 2440. The lowest BCUT2D eigenvalue weighted by molar-refractivity contribution is -0.344. The first-order chi connectivity index (χ1) is 41.0. The van der Waals surface area contributed by atoms with Gasteiger partial charge in [0.05, 0.1) is 41.5 Å². The molecule has 0 aromatic carbocycles. The molecule has 8 rings (SSSR count). The molecule has 21 atom stereocenters. The van der Waals surface area contributed by atoms with E-state index in [1.165, 1.54) is 26.7 Å². The van der Waals surface area contributed by atoms with E-state index >= 15 is 0 Å². The molecule has 2 aliphatic heterocycles. The Labute approximate surface area is 547 Å². The molecule has 10 unspecified atom stereocenters. The van der Waals surface area contributed by atoms with Gasteiger partial charge in [0.1, 0.15) is 12.0 Å². The first-order valence-electron chi connectivity index (χ1n) is 31.2. The minimum absolute atomic E-state index is 0. The maximum Gasteiger partial charge on any atom is 0.475 e. The van der Waals surface area contributed by atoms with Gasteiger partial charge in [-0.1, -0.05) is 90.5 Å². The third kappa shape index (κ3) is 24.8. The summed E-state index contributed by atoms with van der Waals surface area (Å²) >= 11 is 0. The summed E-state index contributed by atoms with van der Waals surface area (Å²) in [5, 5.41) is 45.4. The third-order valence-corrected chi connectivity index (χ3v) is 21.0. The van der Waals surface area contributed by atoms with E-state index in [2.05, 4.69) is 90.5 Å². The first-order valence-corrected chi connectivity index (χ1v) is 33.6. The molecule has 6 saturated carbocycles. The fraction of sp³-hybridized carbons (Fsp3) is 0.850. The Kier molecular flexibility index (Phi) is 36.1. The summed E-state index contributed by atoms with van der Waals surface area (Å²) in [6.45, 7) is 36.3. The lowest BCUT2D eigenvalue weighted by atomic mass is 9.43. The zero-order chi connectivity index (χ0) is 70.3. The normalized spacial score (nSPS) is 27.3. The summed E-state index contributed by atoms with van der Waals surface area (Å²) in [6, 6.07) is -2.24. The van der Waals surface area contributed by atoms with Gasteiger partial charge in [-0.15, -0.1) is 27.7 Å². The molecular weight excluding hydrogens is 1250 g/mol. The van der Waals surface area contributed by atoms with Crippen LogP contribution in [0.15, 0.2) is 0 Å². The van der Waals surface area contributed by atoms with Gasteiger partial charge in [-0.05, 0) is 139 Å². The number of carbonyl (C=O) groups is 9. The van der Waals surface area contributed by atoms with E-state index in [4.69, 9.17) is 49.4 Å². The molecule has 9 N–H and O–H groups in total. The van der Waals surface area contributed by atoms with E-state index in [1.54, 1.807) is 55.4 Å². The van der Waals surface area contributed by atoms with Crippen molar-refractivity contribution in [1.29, 1.82) is 0 Å². The molecule has 31 heteroatoms. The van der Waals surface area contributed by atoms with Gasteiger partial charge in [0.15, 0.2) is 17.3 Å². The SMILES string of the molecule is C.CC(=O)C(C)NC(=O)C(C)C.CC(CP)C(=O)NC(C)C(=O)C[C@@H](C)B(O)O.CC(CP)C(=O)NC(C)C(=O)C[C@@H](C)B1O[C@@H]2C[C@@H]3C[C@@H](C3(C)C)[C@]2(C)O1.CC(CP)C(=O)NC(C)C(=O)O.C[C@H](N)B1O[C@@H]2C[C@@H]3C[C@@H](C3(C)C)[C@]2(C)O1.O=C([O-])C(F)(F)F. The van der Waals surface area contributed by atoms with E-state index in [0.717, 1.165) is 18.8 Å². The molecular formula is C60H111B3F3N5O17P3-. The quantitative estimate of drug-likeness (QED) is 0.0506. The lowest BCUT2D eigenvalue weighted by Crippen LogP contribution is -2.65. The molecule has 6 aliphatic carbocycles. The lowest BCUT2D eigenvalue weighted by Gasteiger charge is -2.64. The van der Waals surface area contributed by atoms with Crippen LogP contribution < -0.4 is 32.1 Å². The summed E-state index contributed by atoms with van der Waals surface area (Å²) in [6.07, 6.45) is 2.27. The smallest absolute Gasteiger partial charge is 0.475 e. The molecule has 0 aromatic rings. The second-order valence-electron chi connectivity index (χ2n) is 27.5. The summed E-state index contributed by atoms with van der Waals surface area (Å²) in [5.41, 5.74) is 6.28. The van der Waals surface area contributed by atoms with E-state index in [1.807, 2.05) is 20.8 Å². The maximum atomic E-state index is 12.6. The predicted octanol–water partition coefficient (Wildman–Crippen LogP) is 5.26. The largest absolute Gasteiger partial charge is 0.542 e. The molecule has 91 heavy (non-hydrogen) atoms. The van der Waals surface area contributed by atoms with E-state index in [-0.39, 0.29) is 134 Å². The van der Waals surface area contributed by atoms with Gasteiger partial charge in [-0.2, -0.15) is 13.2 Å². The number of hydrogen-bond acceptors (Lipinski definition) is 17. The highest BCUT2D eigenvalue weighted by Crippen LogP contribution is 2.67. The van der Waals surface area contributed by atoms with Crippen molar-refractivity contribution in [2.24, 2.45) is 63.9 Å². The number of alkyl halides is 3. The van der Waals surface area contributed by atoms with Crippen LogP contribution in [0.1, 0.15) is 178 Å². The molecule has 2 heterocycles. The monoisotopic (exact) mass is 1360 g/mol. The van der Waals surface area contributed by atoms with Crippen molar-refractivity contribution in [2.75, 3.05) is 18.5 Å². The van der Waals surface area contributed by atoms with Crippen LogP contribution in [0, 0.1) is 58.2 Å². The van der Waals surface area contributed by atoms with Crippen molar-refractivity contribution in [3.05, 3.63) is 0 Å². The van der Waals surface area contributed by atoms with Crippen molar-refractivity contribution in [2.45, 2.75) is 249 Å². The molecule has 8 fully saturated rings. The second-order valence-corrected chi connectivity index (χ2v) is 28.9. The Balaban J connectivity index is 0.00000112. The van der Waals surface area contributed by atoms with Crippen molar-refractivity contribution in [1.82, 2.24) is 21.3 Å². The Morgan fingerprint density at radius 1 is 0.593 bits per heavy atom. The molecule has 2 saturated heterocycles. The summed E-state index contributed by atoms with van der Waals surface area (Å²) in [7, 11) is 5.43. The number of hydrogen-bond donors (Lipinski definition) is 8.